The quantitative estimate of drug-likeness (QED) is 0.827. The van der Waals surface area contributed by atoms with Crippen LogP contribution in [0.4, 0.5) is 8.78 Å². The summed E-state index contributed by atoms with van der Waals surface area (Å²) in [5, 5.41) is 0. The maximum Gasteiger partial charge on any atom is 0.358 e. The number of hydrogen-bond donors (Lipinski definition) is 1. The van der Waals surface area contributed by atoms with Gasteiger partial charge in [0, 0.05) is 12.3 Å². The summed E-state index contributed by atoms with van der Waals surface area (Å²) in [7, 11) is 0. The predicted molar refractivity (Wildman–Crippen MR) is 50.1 cm³/mol. The van der Waals surface area contributed by atoms with E-state index in [1.807, 2.05) is 0 Å². The van der Waals surface area contributed by atoms with Crippen LogP contribution in [-0.4, -0.2) is 13.8 Å². The van der Waals surface area contributed by atoms with E-state index < -0.39 is 21.6 Å². The van der Waals surface area contributed by atoms with Gasteiger partial charge in [-0.05, 0) is 0 Å². The molecule has 8 heteroatoms. The Morgan fingerprint density at radius 3 is 2.57 bits per heavy atom. The highest BCUT2D eigenvalue weighted by molar-refractivity contribution is 9.10. The Balaban J connectivity index is 3.34. The Morgan fingerprint density at radius 1 is 1.57 bits per heavy atom. The van der Waals surface area contributed by atoms with Crippen LogP contribution in [0.15, 0.2) is 21.9 Å². The first-order valence-corrected chi connectivity index (χ1v) is 4.69. The summed E-state index contributed by atoms with van der Waals surface area (Å²) < 4.78 is 24.6. The van der Waals surface area contributed by atoms with Gasteiger partial charge in [-0.2, -0.15) is 8.78 Å². The summed E-state index contributed by atoms with van der Waals surface area (Å²) in [5.41, 5.74) is -1.96. The number of hydrogen-bond acceptors (Lipinski definition) is 2. The second-order valence-electron chi connectivity index (χ2n) is 2.37. The van der Waals surface area contributed by atoms with Crippen LogP contribution in [0.3, 0.4) is 0 Å². The number of aromatic amines is 1. The number of nitrogens with one attached hydrogen (secondary N) is 1. The highest BCUT2D eigenvalue weighted by Crippen LogP contribution is 2.31. The third kappa shape index (κ3) is 2.03. The standard InChI is InChI=1S/C6H4BrClF2N2O2/c7-4(8)6(9,10)12-2-1-3(13)11-5(12)14/h1-2,4H,(H,11,13,14). The van der Waals surface area contributed by atoms with E-state index in [1.54, 1.807) is 4.98 Å². The predicted octanol–water partition coefficient (Wildman–Crippen LogP) is 1.05. The molecule has 0 aliphatic heterocycles. The van der Waals surface area contributed by atoms with Crippen molar-refractivity contribution < 1.29 is 8.78 Å². The molecular formula is C6H4BrClF2N2O2. The molecule has 1 rings (SSSR count). The smallest absolute Gasteiger partial charge is 0.274 e. The second kappa shape index (κ2) is 3.82. The van der Waals surface area contributed by atoms with E-state index >= 15 is 0 Å². The van der Waals surface area contributed by atoms with Gasteiger partial charge < -0.3 is 0 Å². The van der Waals surface area contributed by atoms with Crippen LogP contribution < -0.4 is 11.2 Å². The van der Waals surface area contributed by atoms with E-state index in [0.717, 1.165) is 6.07 Å². The Kier molecular flexibility index (Phi) is 3.10. The normalized spacial score (nSPS) is 14.0. The Morgan fingerprint density at radius 2 is 2.14 bits per heavy atom. The van der Waals surface area contributed by atoms with Gasteiger partial charge in [-0.15, -0.1) is 11.6 Å². The van der Waals surface area contributed by atoms with Crippen LogP contribution in [0.1, 0.15) is 0 Å². The van der Waals surface area contributed by atoms with E-state index in [1.165, 1.54) is 0 Å². The lowest BCUT2D eigenvalue weighted by Crippen LogP contribution is -2.41. The molecule has 0 saturated carbocycles. The van der Waals surface area contributed by atoms with Gasteiger partial charge in [0.2, 0.25) is 0 Å². The maximum absolute atomic E-state index is 13.1. The summed E-state index contributed by atoms with van der Waals surface area (Å²) in [6.07, 6.45) is 0.678. The summed E-state index contributed by atoms with van der Waals surface area (Å²) in [6.45, 7) is 0. The van der Waals surface area contributed by atoms with E-state index in [0.29, 0.717) is 6.20 Å². The van der Waals surface area contributed by atoms with Crippen LogP contribution in [-0.2, 0) is 6.05 Å². The number of halogens is 4. The first-order valence-electron chi connectivity index (χ1n) is 3.34. The third-order valence-corrected chi connectivity index (χ3v) is 2.22. The van der Waals surface area contributed by atoms with E-state index in [-0.39, 0.29) is 4.57 Å². The molecule has 0 saturated heterocycles. The average molecular weight is 289 g/mol. The topological polar surface area (TPSA) is 54.9 Å². The zero-order valence-electron chi connectivity index (χ0n) is 6.51. The summed E-state index contributed by atoms with van der Waals surface area (Å²) in [5.74, 6) is 0. The van der Waals surface area contributed by atoms with E-state index in [9.17, 15) is 18.4 Å². The van der Waals surface area contributed by atoms with Crippen molar-refractivity contribution in [3.63, 3.8) is 0 Å². The van der Waals surface area contributed by atoms with Gasteiger partial charge >= 0.3 is 11.7 Å². The molecule has 0 fully saturated rings. The molecule has 4 nitrogen and oxygen atoms in total. The second-order valence-corrected chi connectivity index (χ2v) is 4.25. The highest BCUT2D eigenvalue weighted by Gasteiger charge is 2.39. The van der Waals surface area contributed by atoms with Gasteiger partial charge in [0.25, 0.3) is 5.56 Å². The molecule has 0 aliphatic carbocycles. The minimum Gasteiger partial charge on any atom is -0.274 e. The van der Waals surface area contributed by atoms with Crippen LogP contribution in [0.25, 0.3) is 0 Å². The Bertz CT molecular complexity index is 442. The van der Waals surface area contributed by atoms with Crippen molar-refractivity contribution in [2.45, 2.75) is 10.3 Å². The molecule has 0 aliphatic rings. The minimum atomic E-state index is -3.61. The molecule has 1 N–H and O–H groups in total. The minimum absolute atomic E-state index is 0.0425. The molecular weight excluding hydrogens is 285 g/mol. The van der Waals surface area contributed by atoms with Crippen molar-refractivity contribution in [1.29, 1.82) is 0 Å². The van der Waals surface area contributed by atoms with Crippen molar-refractivity contribution in [2.24, 2.45) is 0 Å². The molecule has 1 heterocycles. The molecule has 0 aromatic carbocycles. The maximum atomic E-state index is 13.1. The molecule has 1 aromatic heterocycles. The number of nitrogens with zero attached hydrogens (tertiary/aromatic N) is 1. The SMILES string of the molecule is O=c1ccn(C(F)(F)C(Cl)Br)c(=O)[nH]1. The molecule has 0 spiro atoms. The number of H-pyrrole nitrogens is 1. The lowest BCUT2D eigenvalue weighted by Gasteiger charge is -2.18. The average Bonchev–Trinajstić information content (AvgIpc) is 2.02. The summed E-state index contributed by atoms with van der Waals surface area (Å²) >= 11 is 7.58. The first-order chi connectivity index (χ1) is 6.35. The fourth-order valence-corrected chi connectivity index (χ4v) is 1.08. The molecule has 14 heavy (non-hydrogen) atoms. The fourth-order valence-electron chi connectivity index (χ4n) is 0.757. The molecule has 0 bridgehead atoms. The molecule has 78 valence electrons. The molecule has 0 radical (unpaired) electrons. The van der Waals surface area contributed by atoms with Crippen LogP contribution in [0.5, 0.6) is 0 Å². The van der Waals surface area contributed by atoms with Gasteiger partial charge in [0.15, 0.2) is 4.29 Å². The Labute approximate surface area is 89.6 Å². The zero-order chi connectivity index (χ0) is 10.9. The zero-order valence-corrected chi connectivity index (χ0v) is 8.85. The largest absolute Gasteiger partial charge is 0.358 e. The van der Waals surface area contributed by atoms with Crippen LogP contribution >= 0.6 is 27.5 Å². The number of alkyl halides is 4. The van der Waals surface area contributed by atoms with Gasteiger partial charge in [-0.25, -0.2) is 9.36 Å². The lowest BCUT2D eigenvalue weighted by atomic mass is 10.5. The van der Waals surface area contributed by atoms with Gasteiger partial charge in [0.05, 0.1) is 0 Å². The third-order valence-electron chi connectivity index (χ3n) is 1.41. The molecule has 1 unspecified atom stereocenters. The first kappa shape index (κ1) is 11.4. The van der Waals surface area contributed by atoms with Crippen molar-refractivity contribution in [2.75, 3.05) is 0 Å². The molecule has 1 aromatic rings. The van der Waals surface area contributed by atoms with Crippen molar-refractivity contribution in [3.8, 4) is 0 Å². The van der Waals surface area contributed by atoms with Crippen LogP contribution in [0, 0.1) is 0 Å². The van der Waals surface area contributed by atoms with Gasteiger partial charge in [0.1, 0.15) is 0 Å². The van der Waals surface area contributed by atoms with Gasteiger partial charge in [-0.1, -0.05) is 15.9 Å². The van der Waals surface area contributed by atoms with E-state index in [2.05, 4.69) is 15.9 Å². The van der Waals surface area contributed by atoms with Crippen molar-refractivity contribution in [1.82, 2.24) is 9.55 Å². The fraction of sp³-hybridized carbons (Fsp3) is 0.333. The van der Waals surface area contributed by atoms with Crippen molar-refractivity contribution in [3.05, 3.63) is 33.1 Å². The Hall–Kier alpha value is -0.690. The molecule has 0 amide bonds. The summed E-state index contributed by atoms with van der Waals surface area (Å²) in [6, 6.07) is -2.80. The number of aromatic nitrogens is 2. The lowest BCUT2D eigenvalue weighted by molar-refractivity contribution is -0.0681. The van der Waals surface area contributed by atoms with Crippen LogP contribution in [0.2, 0.25) is 0 Å². The highest BCUT2D eigenvalue weighted by atomic mass is 79.9. The van der Waals surface area contributed by atoms with Gasteiger partial charge in [-0.3, -0.25) is 9.78 Å². The monoisotopic (exact) mass is 288 g/mol. The summed E-state index contributed by atoms with van der Waals surface area (Å²) in [4.78, 5) is 23.2. The number of rotatable bonds is 2. The van der Waals surface area contributed by atoms with Crippen molar-refractivity contribution >= 4 is 27.5 Å². The molecule has 1 atom stereocenters. The van der Waals surface area contributed by atoms with E-state index in [4.69, 9.17) is 11.6 Å².